The number of carbonyl (C=O) groups is 2. The molecule has 1 unspecified atom stereocenters. The molecule has 10 heteroatoms. The standard InChI is InChI=1S/C15H20F2N2O5S/c1-10(15(21)22)19(8-7-18-11(2)20)25(23,24)9-12-3-5-13(6-4-12)14(16)17/h3-6,10,14H,7-9H2,1-2H3,(H,18,20)(H,21,22). The molecule has 0 heterocycles. The van der Waals surface area contributed by atoms with E-state index in [-0.39, 0.29) is 30.1 Å². The summed E-state index contributed by atoms with van der Waals surface area (Å²) in [7, 11) is -4.04. The van der Waals surface area contributed by atoms with Gasteiger partial charge in [0.2, 0.25) is 15.9 Å². The summed E-state index contributed by atoms with van der Waals surface area (Å²) in [5, 5.41) is 11.5. The molecule has 1 amide bonds. The lowest BCUT2D eigenvalue weighted by Crippen LogP contribution is -2.47. The third-order valence-electron chi connectivity index (χ3n) is 3.43. The fourth-order valence-corrected chi connectivity index (χ4v) is 3.81. The van der Waals surface area contributed by atoms with E-state index in [0.717, 1.165) is 16.4 Å². The van der Waals surface area contributed by atoms with Gasteiger partial charge in [-0.2, -0.15) is 4.31 Å². The van der Waals surface area contributed by atoms with Gasteiger partial charge in [-0.1, -0.05) is 24.3 Å². The highest BCUT2D eigenvalue weighted by atomic mass is 32.2. The summed E-state index contributed by atoms with van der Waals surface area (Å²) >= 11 is 0. The summed E-state index contributed by atoms with van der Waals surface area (Å²) < 4.78 is 50.9. The van der Waals surface area contributed by atoms with Gasteiger partial charge in [0.1, 0.15) is 6.04 Å². The van der Waals surface area contributed by atoms with Crippen molar-refractivity contribution >= 4 is 21.9 Å². The van der Waals surface area contributed by atoms with Crippen molar-refractivity contribution in [3.05, 3.63) is 35.4 Å². The first-order valence-electron chi connectivity index (χ1n) is 7.38. The van der Waals surface area contributed by atoms with E-state index in [2.05, 4.69) is 5.32 Å². The second-order valence-corrected chi connectivity index (χ2v) is 7.33. The molecule has 1 rings (SSSR count). The SMILES string of the molecule is CC(=O)NCCN(C(C)C(=O)O)S(=O)(=O)Cc1ccc(C(F)F)cc1. The Morgan fingerprint density at radius 2 is 1.80 bits per heavy atom. The molecular formula is C15H20F2N2O5S. The first-order chi connectivity index (χ1) is 11.5. The zero-order valence-corrected chi connectivity index (χ0v) is 14.6. The van der Waals surface area contributed by atoms with Crippen molar-refractivity contribution in [2.24, 2.45) is 0 Å². The van der Waals surface area contributed by atoms with Crippen molar-refractivity contribution in [2.45, 2.75) is 32.1 Å². The van der Waals surface area contributed by atoms with E-state index < -0.39 is 34.2 Å². The zero-order valence-electron chi connectivity index (χ0n) is 13.8. The Bertz CT molecular complexity index is 707. The number of carboxylic acid groups (broad SMARTS) is 1. The van der Waals surface area contributed by atoms with E-state index >= 15 is 0 Å². The average Bonchev–Trinajstić information content (AvgIpc) is 2.50. The van der Waals surface area contributed by atoms with Gasteiger partial charge in [0.15, 0.2) is 0 Å². The van der Waals surface area contributed by atoms with E-state index in [1.807, 2.05) is 0 Å². The second kappa shape index (κ2) is 8.86. The van der Waals surface area contributed by atoms with Gasteiger partial charge < -0.3 is 10.4 Å². The minimum Gasteiger partial charge on any atom is -0.480 e. The third-order valence-corrected chi connectivity index (χ3v) is 5.35. The fraction of sp³-hybridized carbons (Fsp3) is 0.467. The Balaban J connectivity index is 2.96. The number of carbonyl (C=O) groups excluding carboxylic acids is 1. The summed E-state index contributed by atoms with van der Waals surface area (Å²) in [4.78, 5) is 22.1. The molecular weight excluding hydrogens is 358 g/mol. The van der Waals surface area contributed by atoms with Crippen molar-refractivity contribution in [1.82, 2.24) is 9.62 Å². The summed E-state index contributed by atoms with van der Waals surface area (Å²) in [5.41, 5.74) is 0.0223. The van der Waals surface area contributed by atoms with Crippen molar-refractivity contribution in [3.63, 3.8) is 0 Å². The van der Waals surface area contributed by atoms with Crippen molar-refractivity contribution in [1.29, 1.82) is 0 Å². The van der Waals surface area contributed by atoms with E-state index in [1.54, 1.807) is 0 Å². The summed E-state index contributed by atoms with van der Waals surface area (Å²) in [6.45, 7) is 2.21. The van der Waals surface area contributed by atoms with Crippen molar-refractivity contribution in [3.8, 4) is 0 Å². The Morgan fingerprint density at radius 1 is 1.24 bits per heavy atom. The van der Waals surface area contributed by atoms with Gasteiger partial charge in [0, 0.05) is 25.6 Å². The van der Waals surface area contributed by atoms with Crippen LogP contribution in [-0.2, 0) is 25.4 Å². The summed E-state index contributed by atoms with van der Waals surface area (Å²) in [5.74, 6) is -2.24. The molecule has 2 N–H and O–H groups in total. The number of rotatable bonds is 9. The number of halogens is 2. The Labute approximate surface area is 144 Å². The number of nitrogens with zero attached hydrogens (tertiary/aromatic N) is 1. The smallest absolute Gasteiger partial charge is 0.321 e. The van der Waals surface area contributed by atoms with Crippen LogP contribution < -0.4 is 5.32 Å². The molecule has 0 saturated heterocycles. The van der Waals surface area contributed by atoms with Crippen LogP contribution in [-0.4, -0.2) is 48.8 Å². The van der Waals surface area contributed by atoms with Crippen molar-refractivity contribution < 1.29 is 31.9 Å². The minimum atomic E-state index is -4.04. The van der Waals surface area contributed by atoms with Gasteiger partial charge in [-0.25, -0.2) is 17.2 Å². The largest absolute Gasteiger partial charge is 0.480 e. The normalized spacial score (nSPS) is 13.0. The Kier molecular flexibility index (Phi) is 7.43. The predicted octanol–water partition coefficient (Wildman–Crippen LogP) is 1.37. The molecule has 0 saturated carbocycles. The molecule has 0 aliphatic carbocycles. The molecule has 7 nitrogen and oxygen atoms in total. The van der Waals surface area contributed by atoms with Gasteiger partial charge in [0.25, 0.3) is 6.43 Å². The number of nitrogens with one attached hydrogen (secondary N) is 1. The molecule has 0 bridgehead atoms. The zero-order chi connectivity index (χ0) is 19.2. The van der Waals surface area contributed by atoms with E-state index in [0.29, 0.717) is 0 Å². The second-order valence-electron chi connectivity index (χ2n) is 5.41. The van der Waals surface area contributed by atoms with Gasteiger partial charge >= 0.3 is 5.97 Å². The number of carboxylic acids is 1. The predicted molar refractivity (Wildman–Crippen MR) is 86.5 cm³/mol. The lowest BCUT2D eigenvalue weighted by atomic mass is 10.2. The molecule has 1 aromatic carbocycles. The first-order valence-corrected chi connectivity index (χ1v) is 8.99. The van der Waals surface area contributed by atoms with Crippen molar-refractivity contribution in [2.75, 3.05) is 13.1 Å². The average molecular weight is 378 g/mol. The van der Waals surface area contributed by atoms with E-state index in [1.165, 1.54) is 26.0 Å². The molecule has 0 spiro atoms. The molecule has 0 radical (unpaired) electrons. The van der Waals surface area contributed by atoms with Crippen LogP contribution in [0.3, 0.4) is 0 Å². The topological polar surface area (TPSA) is 104 Å². The maximum Gasteiger partial charge on any atom is 0.321 e. The molecule has 1 atom stereocenters. The molecule has 0 aromatic heterocycles. The van der Waals surface area contributed by atoms with Gasteiger partial charge in [-0.05, 0) is 12.5 Å². The lowest BCUT2D eigenvalue weighted by molar-refractivity contribution is -0.140. The molecule has 0 aliphatic heterocycles. The highest BCUT2D eigenvalue weighted by Gasteiger charge is 2.31. The number of hydrogen-bond donors (Lipinski definition) is 2. The van der Waals surface area contributed by atoms with Gasteiger partial charge in [-0.3, -0.25) is 9.59 Å². The maximum atomic E-state index is 12.5. The van der Waals surface area contributed by atoms with Crippen LogP contribution in [0.25, 0.3) is 0 Å². The number of benzene rings is 1. The quantitative estimate of drug-likeness (QED) is 0.675. The number of hydrogen-bond acceptors (Lipinski definition) is 4. The maximum absolute atomic E-state index is 12.5. The third kappa shape index (κ3) is 6.39. The Morgan fingerprint density at radius 3 is 2.24 bits per heavy atom. The highest BCUT2D eigenvalue weighted by Crippen LogP contribution is 2.20. The van der Waals surface area contributed by atoms with E-state index in [4.69, 9.17) is 5.11 Å². The minimum absolute atomic E-state index is 0.0451. The molecule has 25 heavy (non-hydrogen) atoms. The molecule has 0 aliphatic rings. The fourth-order valence-electron chi connectivity index (χ4n) is 2.09. The summed E-state index contributed by atoms with van der Waals surface area (Å²) in [6, 6.07) is 3.43. The van der Waals surface area contributed by atoms with Crippen LogP contribution in [0.5, 0.6) is 0 Å². The first kappa shape index (κ1) is 21.0. The Hall–Kier alpha value is -2.07. The highest BCUT2D eigenvalue weighted by molar-refractivity contribution is 7.88. The van der Waals surface area contributed by atoms with Crippen LogP contribution >= 0.6 is 0 Å². The monoisotopic (exact) mass is 378 g/mol. The number of amides is 1. The molecule has 140 valence electrons. The van der Waals surface area contributed by atoms with Gasteiger partial charge in [0.05, 0.1) is 5.75 Å². The molecule has 1 aromatic rings. The van der Waals surface area contributed by atoms with E-state index in [9.17, 15) is 26.8 Å². The number of alkyl halides is 2. The number of aliphatic carboxylic acids is 1. The lowest BCUT2D eigenvalue weighted by Gasteiger charge is -2.25. The van der Waals surface area contributed by atoms with Crippen LogP contribution in [0.15, 0.2) is 24.3 Å². The van der Waals surface area contributed by atoms with Crippen LogP contribution in [0, 0.1) is 0 Å². The summed E-state index contributed by atoms with van der Waals surface area (Å²) in [6.07, 6.45) is -2.66. The van der Waals surface area contributed by atoms with Crippen LogP contribution in [0.1, 0.15) is 31.4 Å². The number of sulfonamides is 1. The van der Waals surface area contributed by atoms with Crippen LogP contribution in [0.2, 0.25) is 0 Å². The van der Waals surface area contributed by atoms with Gasteiger partial charge in [-0.15, -0.1) is 0 Å². The van der Waals surface area contributed by atoms with Crippen LogP contribution in [0.4, 0.5) is 8.78 Å². The molecule has 0 fully saturated rings.